The zero-order chi connectivity index (χ0) is 14.9. The number of primary amides is 1. The number of hydrogen-bond acceptors (Lipinski definition) is 3. The van der Waals surface area contributed by atoms with E-state index < -0.39 is 5.91 Å². The molecule has 1 aromatic heterocycles. The van der Waals surface area contributed by atoms with Crippen molar-refractivity contribution in [3.8, 4) is 11.6 Å². The third-order valence-corrected chi connectivity index (χ3v) is 3.42. The third-order valence-electron chi connectivity index (χ3n) is 2.72. The van der Waals surface area contributed by atoms with Gasteiger partial charge in [-0.2, -0.15) is 0 Å². The summed E-state index contributed by atoms with van der Waals surface area (Å²) in [6.45, 7) is 3.67. The maximum atomic E-state index is 11.2. The highest BCUT2D eigenvalue weighted by Gasteiger charge is 2.13. The lowest BCUT2D eigenvalue weighted by Crippen LogP contribution is -2.11. The molecular formula is C14H12BrClN2O2. The lowest BCUT2D eigenvalue weighted by atomic mass is 10.1. The number of carbonyl (C=O) groups excluding carboxylic acids is 1. The number of amides is 1. The van der Waals surface area contributed by atoms with E-state index >= 15 is 0 Å². The number of aryl methyl sites for hydroxylation is 2. The number of nitrogens with two attached hydrogens (primary N) is 1. The van der Waals surface area contributed by atoms with Gasteiger partial charge in [-0.25, -0.2) is 4.98 Å². The average molecular weight is 356 g/mol. The maximum Gasteiger partial charge on any atom is 0.248 e. The number of halogens is 2. The molecule has 0 bridgehead atoms. The van der Waals surface area contributed by atoms with Crippen LogP contribution in [0.4, 0.5) is 0 Å². The predicted octanol–water partition coefficient (Wildman–Crippen LogP) is 4.01. The summed E-state index contributed by atoms with van der Waals surface area (Å²) < 4.78 is 6.52. The Kier molecular flexibility index (Phi) is 4.30. The summed E-state index contributed by atoms with van der Waals surface area (Å²) in [5.74, 6) is 0.460. The van der Waals surface area contributed by atoms with E-state index in [9.17, 15) is 4.79 Å². The molecule has 4 nitrogen and oxygen atoms in total. The van der Waals surface area contributed by atoms with Crippen LogP contribution in [-0.4, -0.2) is 10.9 Å². The Morgan fingerprint density at radius 1 is 1.30 bits per heavy atom. The van der Waals surface area contributed by atoms with Crippen molar-refractivity contribution in [2.45, 2.75) is 13.8 Å². The smallest absolute Gasteiger partial charge is 0.248 e. The Morgan fingerprint density at radius 2 is 1.90 bits per heavy atom. The molecule has 2 N–H and O–H groups in total. The van der Waals surface area contributed by atoms with Gasteiger partial charge in [0.2, 0.25) is 11.8 Å². The van der Waals surface area contributed by atoms with E-state index in [-0.39, 0.29) is 0 Å². The Hall–Kier alpha value is -1.59. The topological polar surface area (TPSA) is 65.2 Å². The molecule has 0 aliphatic heterocycles. The number of nitrogens with zero attached hydrogens (tertiary/aromatic N) is 1. The van der Waals surface area contributed by atoms with Crippen LogP contribution in [0.3, 0.4) is 0 Å². The number of hydrogen-bond donors (Lipinski definition) is 1. The maximum absolute atomic E-state index is 11.2. The highest BCUT2D eigenvalue weighted by Crippen LogP contribution is 2.33. The largest absolute Gasteiger partial charge is 0.437 e. The zero-order valence-electron chi connectivity index (χ0n) is 10.9. The van der Waals surface area contributed by atoms with E-state index in [0.29, 0.717) is 22.2 Å². The summed E-state index contributed by atoms with van der Waals surface area (Å²) in [4.78, 5) is 15.3. The molecular weight excluding hydrogens is 344 g/mol. The Morgan fingerprint density at radius 3 is 2.40 bits per heavy atom. The second-order valence-corrected chi connectivity index (χ2v) is 5.67. The molecule has 2 aromatic rings. The summed E-state index contributed by atoms with van der Waals surface area (Å²) in [6, 6.07) is 5.06. The fourth-order valence-corrected chi connectivity index (χ4v) is 2.50. The second kappa shape index (κ2) is 5.81. The van der Waals surface area contributed by atoms with Crippen molar-refractivity contribution < 1.29 is 9.53 Å². The highest BCUT2D eigenvalue weighted by molar-refractivity contribution is 9.10. The molecule has 0 saturated heterocycles. The monoisotopic (exact) mass is 354 g/mol. The number of ether oxygens (including phenoxy) is 1. The fraction of sp³-hybridized carbons (Fsp3) is 0.143. The van der Waals surface area contributed by atoms with Crippen LogP contribution in [0.5, 0.6) is 11.6 Å². The molecule has 0 spiro atoms. The molecule has 0 aliphatic rings. The highest BCUT2D eigenvalue weighted by atomic mass is 79.9. The van der Waals surface area contributed by atoms with Crippen molar-refractivity contribution in [2.75, 3.05) is 0 Å². The quantitative estimate of drug-likeness (QED) is 0.905. The number of aromatic nitrogens is 1. The molecule has 20 heavy (non-hydrogen) atoms. The molecule has 0 fully saturated rings. The molecule has 0 atom stereocenters. The van der Waals surface area contributed by atoms with Gasteiger partial charge in [-0.1, -0.05) is 11.6 Å². The number of rotatable bonds is 3. The minimum Gasteiger partial charge on any atom is -0.437 e. The van der Waals surface area contributed by atoms with Gasteiger partial charge >= 0.3 is 0 Å². The summed E-state index contributed by atoms with van der Waals surface area (Å²) >= 11 is 9.36. The number of carbonyl (C=O) groups is 1. The van der Waals surface area contributed by atoms with Gasteiger partial charge in [-0.05, 0) is 59.1 Å². The van der Waals surface area contributed by atoms with Crippen LogP contribution in [0.15, 0.2) is 28.9 Å². The van der Waals surface area contributed by atoms with Gasteiger partial charge in [0.25, 0.3) is 0 Å². The van der Waals surface area contributed by atoms with Gasteiger partial charge in [0.1, 0.15) is 10.8 Å². The lowest BCUT2D eigenvalue weighted by molar-refractivity contribution is 0.1000. The molecule has 6 heteroatoms. The average Bonchev–Trinajstić information content (AvgIpc) is 2.35. The molecule has 0 unspecified atom stereocenters. The van der Waals surface area contributed by atoms with Crippen LogP contribution in [-0.2, 0) is 0 Å². The number of pyridine rings is 1. The first kappa shape index (κ1) is 14.8. The molecule has 1 amide bonds. The predicted molar refractivity (Wildman–Crippen MR) is 81.5 cm³/mol. The molecule has 0 saturated carbocycles. The molecule has 2 rings (SSSR count). The van der Waals surface area contributed by atoms with Crippen molar-refractivity contribution in [3.05, 3.63) is 50.6 Å². The third kappa shape index (κ3) is 3.11. The van der Waals surface area contributed by atoms with E-state index in [4.69, 9.17) is 22.1 Å². The summed E-state index contributed by atoms with van der Waals surface area (Å²) in [5.41, 5.74) is 7.31. The van der Waals surface area contributed by atoms with E-state index in [2.05, 4.69) is 20.9 Å². The zero-order valence-corrected chi connectivity index (χ0v) is 13.2. The van der Waals surface area contributed by atoms with E-state index in [1.54, 1.807) is 24.4 Å². The van der Waals surface area contributed by atoms with Crippen LogP contribution in [0.1, 0.15) is 21.5 Å². The fourth-order valence-electron chi connectivity index (χ4n) is 1.83. The normalized spacial score (nSPS) is 10.4. The SMILES string of the molecule is Cc1cc(C(N)=O)cc(C)c1Oc1ncc(Br)cc1Cl. The summed E-state index contributed by atoms with van der Waals surface area (Å²) in [6.07, 6.45) is 1.60. The van der Waals surface area contributed by atoms with Gasteiger partial charge in [0, 0.05) is 16.2 Å². The second-order valence-electron chi connectivity index (χ2n) is 4.35. The first-order valence-electron chi connectivity index (χ1n) is 5.78. The van der Waals surface area contributed by atoms with E-state index in [1.165, 1.54) is 0 Å². The molecule has 1 aromatic carbocycles. The van der Waals surface area contributed by atoms with Crippen LogP contribution >= 0.6 is 27.5 Å². The Bertz CT molecular complexity index is 666. The molecule has 104 valence electrons. The molecule has 0 radical (unpaired) electrons. The van der Waals surface area contributed by atoms with Crippen LogP contribution in [0, 0.1) is 13.8 Å². The van der Waals surface area contributed by atoms with Gasteiger partial charge in [0.15, 0.2) is 0 Å². The van der Waals surface area contributed by atoms with Gasteiger partial charge in [0.05, 0.1) is 0 Å². The van der Waals surface area contributed by atoms with Crippen LogP contribution in [0.2, 0.25) is 5.02 Å². The minimum atomic E-state index is -0.470. The van der Waals surface area contributed by atoms with Crippen molar-refractivity contribution in [3.63, 3.8) is 0 Å². The first-order chi connectivity index (χ1) is 9.38. The van der Waals surface area contributed by atoms with Gasteiger partial charge < -0.3 is 10.5 Å². The van der Waals surface area contributed by atoms with Gasteiger partial charge in [-0.3, -0.25) is 4.79 Å². The Labute approximate surface area is 130 Å². The van der Waals surface area contributed by atoms with Crippen molar-refractivity contribution in [2.24, 2.45) is 5.73 Å². The molecule has 1 heterocycles. The van der Waals surface area contributed by atoms with Crippen LogP contribution in [0.25, 0.3) is 0 Å². The standard InChI is InChI=1S/C14H12BrClN2O2/c1-7-3-9(13(17)19)4-8(2)12(7)20-14-11(16)5-10(15)6-18-14/h3-6H,1-2H3,(H2,17,19). The molecule has 0 aliphatic carbocycles. The Balaban J connectivity index is 2.41. The van der Waals surface area contributed by atoms with Crippen molar-refractivity contribution in [1.82, 2.24) is 4.98 Å². The lowest BCUT2D eigenvalue weighted by Gasteiger charge is -2.13. The first-order valence-corrected chi connectivity index (χ1v) is 6.95. The summed E-state index contributed by atoms with van der Waals surface area (Å²) in [5, 5.41) is 0.400. The number of benzene rings is 1. The van der Waals surface area contributed by atoms with E-state index in [1.807, 2.05) is 13.8 Å². The van der Waals surface area contributed by atoms with Crippen molar-refractivity contribution >= 4 is 33.4 Å². The van der Waals surface area contributed by atoms with E-state index in [0.717, 1.165) is 15.6 Å². The van der Waals surface area contributed by atoms with Gasteiger partial charge in [-0.15, -0.1) is 0 Å². The van der Waals surface area contributed by atoms with Crippen LogP contribution < -0.4 is 10.5 Å². The van der Waals surface area contributed by atoms with Crippen molar-refractivity contribution in [1.29, 1.82) is 0 Å². The minimum absolute atomic E-state index is 0.313. The summed E-state index contributed by atoms with van der Waals surface area (Å²) in [7, 11) is 0.